The molecule has 1 heterocycles. The second-order valence-corrected chi connectivity index (χ2v) is 5.37. The first-order valence-electron chi connectivity index (χ1n) is 7.71. The number of carbonyl (C=O) groups excluding carboxylic acids is 1. The molecule has 2 aromatic rings. The van der Waals surface area contributed by atoms with E-state index in [4.69, 9.17) is 9.68 Å². The number of nitriles is 1. The molecule has 0 aliphatic carbocycles. The van der Waals surface area contributed by atoms with Crippen LogP contribution >= 0.6 is 0 Å². The molecular formula is C19H20N2O2. The molecule has 0 aliphatic heterocycles. The molecular weight excluding hydrogens is 288 g/mol. The Morgan fingerprint density at radius 1 is 1.26 bits per heavy atom. The van der Waals surface area contributed by atoms with Gasteiger partial charge in [-0.05, 0) is 49.6 Å². The van der Waals surface area contributed by atoms with Crippen LogP contribution in [-0.2, 0) is 11.2 Å². The number of benzene rings is 1. The number of hydrogen-bond acceptors (Lipinski definition) is 3. The lowest BCUT2D eigenvalue weighted by molar-refractivity contribution is -0.112. The number of rotatable bonds is 6. The molecule has 1 aromatic carbocycles. The predicted octanol–water partition coefficient (Wildman–Crippen LogP) is 4.48. The minimum absolute atomic E-state index is 0.00871. The van der Waals surface area contributed by atoms with E-state index in [0.717, 1.165) is 25.0 Å². The van der Waals surface area contributed by atoms with Crippen molar-refractivity contribution in [3.63, 3.8) is 0 Å². The third-order valence-corrected chi connectivity index (χ3v) is 3.44. The maximum Gasteiger partial charge on any atom is 0.266 e. The van der Waals surface area contributed by atoms with Crippen molar-refractivity contribution in [3.8, 4) is 6.07 Å². The number of carbonyl (C=O) groups is 1. The van der Waals surface area contributed by atoms with Gasteiger partial charge in [0.25, 0.3) is 5.91 Å². The highest BCUT2D eigenvalue weighted by Crippen LogP contribution is 2.15. The lowest BCUT2D eigenvalue weighted by atomic mass is 10.1. The SMILES string of the molecule is CCCCc1ccc(NC(=O)C(C#N)=Cc2ccc(C)o2)cc1. The van der Waals surface area contributed by atoms with E-state index < -0.39 is 5.91 Å². The summed E-state index contributed by atoms with van der Waals surface area (Å²) in [5, 5.41) is 11.9. The highest BCUT2D eigenvalue weighted by atomic mass is 16.3. The van der Waals surface area contributed by atoms with Crippen LogP contribution in [0.5, 0.6) is 0 Å². The summed E-state index contributed by atoms with van der Waals surface area (Å²) in [7, 11) is 0. The van der Waals surface area contributed by atoms with Crippen LogP contribution < -0.4 is 5.32 Å². The minimum Gasteiger partial charge on any atom is -0.462 e. The topological polar surface area (TPSA) is 66.0 Å². The van der Waals surface area contributed by atoms with E-state index in [1.165, 1.54) is 11.6 Å². The van der Waals surface area contributed by atoms with Gasteiger partial charge in [0.15, 0.2) is 0 Å². The number of furan rings is 1. The van der Waals surface area contributed by atoms with Crippen molar-refractivity contribution in [1.29, 1.82) is 5.26 Å². The van der Waals surface area contributed by atoms with Gasteiger partial charge in [0.1, 0.15) is 23.2 Å². The number of nitrogens with one attached hydrogen (secondary N) is 1. The van der Waals surface area contributed by atoms with Gasteiger partial charge < -0.3 is 9.73 Å². The van der Waals surface area contributed by atoms with E-state index >= 15 is 0 Å². The van der Waals surface area contributed by atoms with Crippen LogP contribution in [-0.4, -0.2) is 5.91 Å². The van der Waals surface area contributed by atoms with Gasteiger partial charge in [-0.15, -0.1) is 0 Å². The first-order chi connectivity index (χ1) is 11.1. The van der Waals surface area contributed by atoms with Crippen LogP contribution in [0.2, 0.25) is 0 Å². The Hall–Kier alpha value is -2.80. The molecule has 1 N–H and O–H groups in total. The monoisotopic (exact) mass is 308 g/mol. The molecule has 0 saturated carbocycles. The fourth-order valence-electron chi connectivity index (χ4n) is 2.16. The van der Waals surface area contributed by atoms with Gasteiger partial charge in [0, 0.05) is 11.8 Å². The molecule has 2 rings (SSSR count). The van der Waals surface area contributed by atoms with Crippen LogP contribution in [0.3, 0.4) is 0 Å². The Labute approximate surface area is 136 Å². The van der Waals surface area contributed by atoms with Gasteiger partial charge in [0.05, 0.1) is 0 Å². The summed E-state index contributed by atoms with van der Waals surface area (Å²) in [6.07, 6.45) is 4.78. The first-order valence-corrected chi connectivity index (χ1v) is 7.71. The molecule has 0 spiro atoms. The molecule has 4 nitrogen and oxygen atoms in total. The van der Waals surface area contributed by atoms with Crippen molar-refractivity contribution in [3.05, 3.63) is 59.1 Å². The maximum atomic E-state index is 12.2. The van der Waals surface area contributed by atoms with E-state index in [0.29, 0.717) is 11.4 Å². The molecule has 118 valence electrons. The molecule has 0 unspecified atom stereocenters. The van der Waals surface area contributed by atoms with Gasteiger partial charge in [0.2, 0.25) is 0 Å². The first kappa shape index (κ1) is 16.6. The summed E-state index contributed by atoms with van der Waals surface area (Å²) in [6.45, 7) is 3.97. The van der Waals surface area contributed by atoms with Crippen LogP contribution in [0.1, 0.15) is 36.8 Å². The Bertz CT molecular complexity index is 733. The zero-order chi connectivity index (χ0) is 16.7. The summed E-state index contributed by atoms with van der Waals surface area (Å²) in [5.74, 6) is 0.781. The zero-order valence-electron chi connectivity index (χ0n) is 13.4. The largest absolute Gasteiger partial charge is 0.462 e. The molecule has 0 atom stereocenters. The Morgan fingerprint density at radius 2 is 2.00 bits per heavy atom. The second-order valence-electron chi connectivity index (χ2n) is 5.37. The smallest absolute Gasteiger partial charge is 0.266 e. The van der Waals surface area contributed by atoms with Crippen LogP contribution in [0, 0.1) is 18.3 Å². The number of amides is 1. The number of anilines is 1. The van der Waals surface area contributed by atoms with E-state index in [2.05, 4.69) is 12.2 Å². The van der Waals surface area contributed by atoms with E-state index in [1.54, 1.807) is 12.1 Å². The Balaban J connectivity index is 2.05. The average Bonchev–Trinajstić information content (AvgIpc) is 2.97. The van der Waals surface area contributed by atoms with Gasteiger partial charge in [-0.1, -0.05) is 25.5 Å². The molecule has 0 radical (unpaired) electrons. The quantitative estimate of drug-likeness (QED) is 0.632. The predicted molar refractivity (Wildman–Crippen MR) is 90.7 cm³/mol. The number of aryl methyl sites for hydroxylation is 2. The van der Waals surface area contributed by atoms with Gasteiger partial charge >= 0.3 is 0 Å². The molecule has 23 heavy (non-hydrogen) atoms. The standard InChI is InChI=1S/C19H20N2O2/c1-3-4-5-15-7-9-17(10-8-15)21-19(22)16(13-20)12-18-11-6-14(2)23-18/h6-12H,3-5H2,1-2H3,(H,21,22). The van der Waals surface area contributed by atoms with Crippen molar-refractivity contribution >= 4 is 17.7 Å². The molecule has 1 amide bonds. The van der Waals surface area contributed by atoms with Crippen molar-refractivity contribution in [2.75, 3.05) is 5.32 Å². The highest BCUT2D eigenvalue weighted by molar-refractivity contribution is 6.09. The van der Waals surface area contributed by atoms with E-state index in [1.807, 2.05) is 37.3 Å². The number of hydrogen-bond donors (Lipinski definition) is 1. The Kier molecular flexibility index (Phi) is 5.76. The molecule has 0 fully saturated rings. The van der Waals surface area contributed by atoms with E-state index in [9.17, 15) is 4.79 Å². The fraction of sp³-hybridized carbons (Fsp3) is 0.263. The van der Waals surface area contributed by atoms with E-state index in [-0.39, 0.29) is 5.57 Å². The normalized spacial score (nSPS) is 11.1. The Morgan fingerprint density at radius 3 is 2.57 bits per heavy atom. The summed E-state index contributed by atoms with van der Waals surface area (Å²) >= 11 is 0. The molecule has 0 saturated heterocycles. The summed E-state index contributed by atoms with van der Waals surface area (Å²) in [6, 6.07) is 13.1. The van der Waals surface area contributed by atoms with Crippen molar-refractivity contribution in [2.24, 2.45) is 0 Å². The summed E-state index contributed by atoms with van der Waals surface area (Å²) < 4.78 is 5.36. The highest BCUT2D eigenvalue weighted by Gasteiger charge is 2.10. The van der Waals surface area contributed by atoms with Crippen LogP contribution in [0.15, 0.2) is 46.4 Å². The van der Waals surface area contributed by atoms with Gasteiger partial charge in [-0.25, -0.2) is 0 Å². The van der Waals surface area contributed by atoms with Crippen LogP contribution in [0.4, 0.5) is 5.69 Å². The third kappa shape index (κ3) is 4.86. The second kappa shape index (κ2) is 8.00. The third-order valence-electron chi connectivity index (χ3n) is 3.44. The van der Waals surface area contributed by atoms with Gasteiger partial charge in [-0.3, -0.25) is 4.79 Å². The summed E-state index contributed by atoms with van der Waals surface area (Å²) in [5.41, 5.74) is 1.92. The van der Waals surface area contributed by atoms with Crippen molar-refractivity contribution in [1.82, 2.24) is 0 Å². The van der Waals surface area contributed by atoms with Gasteiger partial charge in [-0.2, -0.15) is 5.26 Å². The minimum atomic E-state index is -0.442. The van der Waals surface area contributed by atoms with Crippen LogP contribution in [0.25, 0.3) is 6.08 Å². The lowest BCUT2D eigenvalue weighted by Crippen LogP contribution is -2.13. The average molecular weight is 308 g/mol. The molecule has 0 bridgehead atoms. The fourth-order valence-corrected chi connectivity index (χ4v) is 2.16. The molecule has 4 heteroatoms. The number of unbranched alkanes of at least 4 members (excludes halogenated alkanes) is 1. The zero-order valence-corrected chi connectivity index (χ0v) is 13.4. The maximum absolute atomic E-state index is 12.2. The van der Waals surface area contributed by atoms with Crippen molar-refractivity contribution in [2.45, 2.75) is 33.1 Å². The summed E-state index contributed by atoms with van der Waals surface area (Å²) in [4.78, 5) is 12.2. The lowest BCUT2D eigenvalue weighted by Gasteiger charge is -2.05. The van der Waals surface area contributed by atoms with Crippen molar-refractivity contribution < 1.29 is 9.21 Å². The number of nitrogens with zero attached hydrogens (tertiary/aromatic N) is 1. The molecule has 1 aromatic heterocycles. The molecule has 0 aliphatic rings.